The van der Waals surface area contributed by atoms with Crippen molar-refractivity contribution >= 4 is 17.3 Å². The molecule has 3 atom stereocenters. The summed E-state index contributed by atoms with van der Waals surface area (Å²) < 4.78 is 5.85. The van der Waals surface area contributed by atoms with Crippen LogP contribution < -0.4 is 4.74 Å². The molecule has 0 spiro atoms. The maximum absolute atomic E-state index is 10.5. The van der Waals surface area contributed by atoms with E-state index in [1.54, 1.807) is 12.1 Å². The van der Waals surface area contributed by atoms with Crippen LogP contribution in [0.2, 0.25) is 0 Å². The van der Waals surface area contributed by atoms with Gasteiger partial charge in [0, 0.05) is 29.3 Å². The summed E-state index contributed by atoms with van der Waals surface area (Å²) in [5.74, 6) is 0.661. The van der Waals surface area contributed by atoms with E-state index in [1.165, 1.54) is 12.1 Å². The molecular formula is C13H16ClNO3. The predicted octanol–water partition coefficient (Wildman–Crippen LogP) is 3.77. The van der Waals surface area contributed by atoms with Gasteiger partial charge in [-0.15, -0.1) is 11.6 Å². The Labute approximate surface area is 111 Å². The molecule has 1 aliphatic carbocycles. The van der Waals surface area contributed by atoms with Gasteiger partial charge in [-0.25, -0.2) is 0 Å². The van der Waals surface area contributed by atoms with E-state index in [9.17, 15) is 10.1 Å². The number of hydrogen-bond donors (Lipinski definition) is 0. The van der Waals surface area contributed by atoms with Crippen LogP contribution in [0.15, 0.2) is 24.3 Å². The summed E-state index contributed by atoms with van der Waals surface area (Å²) in [6.07, 6.45) is 1.87. The topological polar surface area (TPSA) is 52.4 Å². The van der Waals surface area contributed by atoms with E-state index < -0.39 is 4.92 Å². The second-order valence-corrected chi connectivity index (χ2v) is 5.45. The Morgan fingerprint density at radius 2 is 2.11 bits per heavy atom. The molecule has 3 unspecified atom stereocenters. The minimum Gasteiger partial charge on any atom is -0.490 e. The van der Waals surface area contributed by atoms with Gasteiger partial charge in [0.05, 0.1) is 4.92 Å². The van der Waals surface area contributed by atoms with Crippen LogP contribution in [0.3, 0.4) is 0 Å². The van der Waals surface area contributed by atoms with Crippen molar-refractivity contribution in [3.05, 3.63) is 34.4 Å². The lowest BCUT2D eigenvalue weighted by molar-refractivity contribution is -0.384. The zero-order valence-electron chi connectivity index (χ0n) is 10.4. The molecule has 4 nitrogen and oxygen atoms in total. The Bertz CT molecular complexity index is 448. The molecule has 18 heavy (non-hydrogen) atoms. The van der Waals surface area contributed by atoms with Crippen molar-refractivity contribution in [3.63, 3.8) is 0 Å². The Morgan fingerprint density at radius 1 is 1.50 bits per heavy atom. The number of nitrogens with zero attached hydrogens (tertiary/aromatic N) is 1. The van der Waals surface area contributed by atoms with Gasteiger partial charge in [0.2, 0.25) is 0 Å². The van der Waals surface area contributed by atoms with Crippen molar-refractivity contribution in [3.8, 4) is 5.75 Å². The first-order valence-electron chi connectivity index (χ1n) is 6.02. The maximum Gasteiger partial charge on any atom is 0.269 e. The summed E-state index contributed by atoms with van der Waals surface area (Å²) in [5.41, 5.74) is 0.0630. The van der Waals surface area contributed by atoms with Gasteiger partial charge in [0.15, 0.2) is 0 Å². The summed E-state index contributed by atoms with van der Waals surface area (Å²) in [6, 6.07) is 6.18. The number of benzene rings is 1. The molecule has 0 aromatic heterocycles. The molecule has 0 heterocycles. The van der Waals surface area contributed by atoms with Gasteiger partial charge in [-0.1, -0.05) is 13.8 Å². The summed E-state index contributed by atoms with van der Waals surface area (Å²) in [7, 11) is 0. The minimum absolute atomic E-state index is 0.0106. The van der Waals surface area contributed by atoms with Crippen LogP contribution in [-0.4, -0.2) is 16.4 Å². The van der Waals surface area contributed by atoms with Crippen molar-refractivity contribution in [2.24, 2.45) is 5.41 Å². The fourth-order valence-electron chi connectivity index (χ4n) is 2.21. The average molecular weight is 270 g/mol. The predicted molar refractivity (Wildman–Crippen MR) is 70.2 cm³/mol. The van der Waals surface area contributed by atoms with E-state index in [1.807, 2.05) is 0 Å². The Morgan fingerprint density at radius 3 is 2.56 bits per heavy atom. The zero-order chi connectivity index (χ0) is 13.3. The number of hydrogen-bond acceptors (Lipinski definition) is 3. The third-order valence-corrected chi connectivity index (χ3v) is 4.64. The van der Waals surface area contributed by atoms with E-state index in [0.29, 0.717) is 5.75 Å². The first-order chi connectivity index (χ1) is 8.47. The second-order valence-electron chi connectivity index (χ2n) is 4.92. The molecule has 0 radical (unpaired) electrons. The van der Waals surface area contributed by atoms with Crippen LogP contribution in [0.1, 0.15) is 26.7 Å². The van der Waals surface area contributed by atoms with E-state index in [2.05, 4.69) is 13.8 Å². The second kappa shape index (κ2) is 4.76. The Hall–Kier alpha value is -1.29. The zero-order valence-corrected chi connectivity index (χ0v) is 11.2. The molecule has 98 valence electrons. The highest BCUT2D eigenvalue weighted by Crippen LogP contribution is 2.49. The van der Waals surface area contributed by atoms with Crippen molar-refractivity contribution in [2.45, 2.75) is 38.2 Å². The third-order valence-electron chi connectivity index (χ3n) is 3.96. The van der Waals surface area contributed by atoms with E-state index in [0.717, 1.165) is 12.8 Å². The van der Waals surface area contributed by atoms with Gasteiger partial charge in [-0.3, -0.25) is 10.1 Å². The van der Waals surface area contributed by atoms with Crippen LogP contribution in [0.4, 0.5) is 5.69 Å². The Balaban J connectivity index is 2.04. The van der Waals surface area contributed by atoms with Gasteiger partial charge < -0.3 is 4.74 Å². The van der Waals surface area contributed by atoms with E-state index in [4.69, 9.17) is 16.3 Å². The molecule has 5 heteroatoms. The molecule has 0 saturated heterocycles. The summed E-state index contributed by atoms with van der Waals surface area (Å²) in [4.78, 5) is 10.1. The molecule has 1 aromatic rings. The van der Waals surface area contributed by atoms with Gasteiger partial charge in [0.25, 0.3) is 5.69 Å². The maximum atomic E-state index is 10.5. The van der Waals surface area contributed by atoms with Gasteiger partial charge in [0.1, 0.15) is 11.9 Å². The lowest BCUT2D eigenvalue weighted by atomic mass is 9.65. The average Bonchev–Trinajstić information content (AvgIpc) is 2.38. The number of halogens is 1. The standard InChI is InChI=1S/C13H16ClNO3/c1-3-13(2)11(14)8-12(13)18-10-6-4-9(5-7-10)15(16)17/h4-7,11-12H,3,8H2,1-2H3. The van der Waals surface area contributed by atoms with Crippen LogP contribution in [0, 0.1) is 15.5 Å². The van der Waals surface area contributed by atoms with Crippen molar-refractivity contribution in [1.29, 1.82) is 0 Å². The molecule has 1 saturated carbocycles. The van der Waals surface area contributed by atoms with E-state index in [-0.39, 0.29) is 22.6 Å². The molecule has 1 aromatic carbocycles. The fraction of sp³-hybridized carbons (Fsp3) is 0.538. The SMILES string of the molecule is CCC1(C)C(Cl)CC1Oc1ccc([N+](=O)[O-])cc1. The third kappa shape index (κ3) is 2.17. The molecular weight excluding hydrogens is 254 g/mol. The van der Waals surface area contributed by atoms with Gasteiger partial charge in [-0.2, -0.15) is 0 Å². The van der Waals surface area contributed by atoms with Crippen molar-refractivity contribution in [1.82, 2.24) is 0 Å². The molecule has 0 amide bonds. The smallest absolute Gasteiger partial charge is 0.269 e. The fourth-order valence-corrected chi connectivity index (χ4v) is 2.67. The minimum atomic E-state index is -0.419. The molecule has 2 rings (SSSR count). The van der Waals surface area contributed by atoms with Crippen LogP contribution in [-0.2, 0) is 0 Å². The number of nitro benzene ring substituents is 1. The van der Waals surface area contributed by atoms with Crippen LogP contribution >= 0.6 is 11.6 Å². The lowest BCUT2D eigenvalue weighted by Crippen LogP contribution is -2.55. The quantitative estimate of drug-likeness (QED) is 0.475. The molecule has 1 fully saturated rings. The van der Waals surface area contributed by atoms with Gasteiger partial charge in [-0.05, 0) is 18.6 Å². The molecule has 0 aliphatic heterocycles. The molecule has 0 bridgehead atoms. The lowest BCUT2D eigenvalue weighted by Gasteiger charge is -2.50. The number of rotatable bonds is 4. The number of nitro groups is 1. The van der Waals surface area contributed by atoms with Crippen molar-refractivity contribution in [2.75, 3.05) is 0 Å². The first-order valence-corrected chi connectivity index (χ1v) is 6.46. The molecule has 0 N–H and O–H groups in total. The van der Waals surface area contributed by atoms with E-state index >= 15 is 0 Å². The normalized spacial score (nSPS) is 30.6. The Kier molecular flexibility index (Phi) is 3.48. The number of ether oxygens (including phenoxy) is 1. The number of non-ortho nitro benzene ring substituents is 1. The van der Waals surface area contributed by atoms with Crippen LogP contribution in [0.5, 0.6) is 5.75 Å². The highest BCUT2D eigenvalue weighted by Gasteiger charge is 2.51. The summed E-state index contributed by atoms with van der Waals surface area (Å²) in [6.45, 7) is 4.21. The highest BCUT2D eigenvalue weighted by atomic mass is 35.5. The summed E-state index contributed by atoms with van der Waals surface area (Å²) >= 11 is 6.21. The summed E-state index contributed by atoms with van der Waals surface area (Å²) in [5, 5.41) is 10.7. The van der Waals surface area contributed by atoms with Crippen LogP contribution in [0.25, 0.3) is 0 Å². The highest BCUT2D eigenvalue weighted by molar-refractivity contribution is 6.21. The largest absolute Gasteiger partial charge is 0.490 e. The molecule has 1 aliphatic rings. The first kappa shape index (κ1) is 13.1. The van der Waals surface area contributed by atoms with Gasteiger partial charge >= 0.3 is 0 Å². The monoisotopic (exact) mass is 269 g/mol. The van der Waals surface area contributed by atoms with Crippen molar-refractivity contribution < 1.29 is 9.66 Å². The number of alkyl halides is 1.